The number of hydrogen-bond acceptors (Lipinski definition) is 0. The molecule has 58 heavy (non-hydrogen) atoms. The Balaban J connectivity index is 1.22. The summed E-state index contributed by atoms with van der Waals surface area (Å²) < 4.78 is 2.51. The number of benzene rings is 8. The van der Waals surface area contributed by atoms with Crippen LogP contribution in [0.2, 0.25) is 0 Å². The molecule has 0 saturated heterocycles. The van der Waals surface area contributed by atoms with Gasteiger partial charge in [-0.05, 0) is 112 Å². The summed E-state index contributed by atoms with van der Waals surface area (Å²) in [4.78, 5) is 0. The minimum Gasteiger partial charge on any atom is -0.309 e. The summed E-state index contributed by atoms with van der Waals surface area (Å²) in [7, 11) is -2.75. The molecule has 0 atom stereocenters. The van der Waals surface area contributed by atoms with E-state index >= 15 is 0 Å². The maximum Gasteiger partial charge on any atom is 0.180 e. The summed E-state index contributed by atoms with van der Waals surface area (Å²) in [6.07, 6.45) is 0. The molecular formula is C56H49NSi. The van der Waals surface area contributed by atoms with Gasteiger partial charge in [0, 0.05) is 16.5 Å². The molecule has 1 aromatic heterocycles. The highest BCUT2D eigenvalue weighted by molar-refractivity contribution is 7.22. The molecule has 0 unspecified atom stereocenters. The predicted octanol–water partition coefficient (Wildman–Crippen LogP) is 12.1. The molecule has 2 heterocycles. The van der Waals surface area contributed by atoms with Crippen molar-refractivity contribution in [1.82, 2.24) is 4.57 Å². The van der Waals surface area contributed by atoms with Crippen molar-refractivity contribution in [2.45, 2.75) is 52.4 Å². The van der Waals surface area contributed by atoms with Gasteiger partial charge in [-0.2, -0.15) is 0 Å². The third kappa shape index (κ3) is 5.73. The van der Waals surface area contributed by atoms with Crippen LogP contribution in [-0.4, -0.2) is 12.6 Å². The lowest BCUT2D eigenvalue weighted by Gasteiger charge is -2.31. The van der Waals surface area contributed by atoms with Gasteiger partial charge in [0.2, 0.25) is 0 Å². The zero-order valence-electron chi connectivity index (χ0n) is 34.3. The van der Waals surface area contributed by atoms with Gasteiger partial charge in [-0.15, -0.1) is 0 Å². The molecule has 0 spiro atoms. The third-order valence-electron chi connectivity index (χ3n) is 12.6. The van der Waals surface area contributed by atoms with Gasteiger partial charge in [-0.25, -0.2) is 0 Å². The predicted molar refractivity (Wildman–Crippen MR) is 252 cm³/mol. The van der Waals surface area contributed by atoms with Crippen LogP contribution in [-0.2, 0) is 10.8 Å². The van der Waals surface area contributed by atoms with E-state index < -0.39 is 8.07 Å². The van der Waals surface area contributed by atoms with Crippen LogP contribution in [0.25, 0.3) is 60.9 Å². The number of fused-ring (bicyclic) bond motifs is 6. The molecular weight excluding hydrogens is 715 g/mol. The largest absolute Gasteiger partial charge is 0.309 e. The zero-order valence-corrected chi connectivity index (χ0v) is 35.3. The Hall–Kier alpha value is -6.22. The van der Waals surface area contributed by atoms with Crippen LogP contribution in [0.5, 0.6) is 0 Å². The lowest BCUT2D eigenvalue weighted by Crippen LogP contribution is -2.72. The van der Waals surface area contributed by atoms with E-state index in [9.17, 15) is 0 Å². The summed E-state index contributed by atoms with van der Waals surface area (Å²) in [6, 6.07) is 71.4. The normalized spacial score (nSPS) is 13.5. The van der Waals surface area contributed by atoms with E-state index in [1.165, 1.54) is 92.7 Å². The van der Waals surface area contributed by atoms with Crippen LogP contribution in [0.4, 0.5) is 0 Å². The molecule has 9 aromatic rings. The second-order valence-corrected chi connectivity index (χ2v) is 21.9. The van der Waals surface area contributed by atoms with Crippen molar-refractivity contribution in [1.29, 1.82) is 0 Å². The standard InChI is InChI=1S/C56H49NSi/c1-55(2,3)42-25-32-51-48(35-42)49-36-43(56(4,5)6)26-33-52(49)57(51)44-27-34-54-50(37-44)47-19-13-14-20-53(47)58(54,45-28-21-40(22-29-45)38-15-9-7-10-16-38)46-30-23-41(24-31-46)39-17-11-8-12-18-39/h7-37H,1-6H3. The van der Waals surface area contributed by atoms with E-state index in [1.807, 2.05) is 0 Å². The van der Waals surface area contributed by atoms with E-state index in [0.717, 1.165) is 0 Å². The van der Waals surface area contributed by atoms with Gasteiger partial charge in [0.1, 0.15) is 0 Å². The lowest BCUT2D eigenvalue weighted by atomic mass is 9.85. The first-order valence-electron chi connectivity index (χ1n) is 20.7. The molecule has 0 amide bonds. The van der Waals surface area contributed by atoms with Crippen molar-refractivity contribution in [3.05, 3.63) is 199 Å². The van der Waals surface area contributed by atoms with Crippen LogP contribution in [0.1, 0.15) is 52.7 Å². The molecule has 0 radical (unpaired) electrons. The molecule has 1 aliphatic heterocycles. The second kappa shape index (κ2) is 13.4. The quantitative estimate of drug-likeness (QED) is 0.154. The summed E-state index contributed by atoms with van der Waals surface area (Å²) >= 11 is 0. The lowest BCUT2D eigenvalue weighted by molar-refractivity contribution is 0.590. The van der Waals surface area contributed by atoms with Gasteiger partial charge in [0.05, 0.1) is 11.0 Å². The van der Waals surface area contributed by atoms with E-state index in [1.54, 1.807) is 0 Å². The van der Waals surface area contributed by atoms with E-state index in [-0.39, 0.29) is 10.8 Å². The Labute approximate surface area is 344 Å². The fraction of sp³-hybridized carbons (Fsp3) is 0.143. The Morgan fingerprint density at radius 3 is 1.28 bits per heavy atom. The Morgan fingerprint density at radius 1 is 0.362 bits per heavy atom. The first kappa shape index (κ1) is 36.1. The SMILES string of the molecule is CC(C)(C)c1ccc2c(c1)c1cc(C(C)(C)C)ccc1n2-c1ccc2c(c1)-c1ccccc1[Si]2(c1ccc(-c2ccccc2)cc1)c1ccc(-c2ccccc2)cc1. The molecule has 0 aliphatic carbocycles. The summed E-state index contributed by atoms with van der Waals surface area (Å²) in [5, 5.41) is 8.34. The molecule has 0 fully saturated rings. The van der Waals surface area contributed by atoms with Crippen molar-refractivity contribution in [3.8, 4) is 39.1 Å². The average molecular weight is 764 g/mol. The van der Waals surface area contributed by atoms with Crippen LogP contribution in [0.3, 0.4) is 0 Å². The first-order valence-corrected chi connectivity index (χ1v) is 22.7. The Bertz CT molecular complexity index is 2820. The maximum absolute atomic E-state index is 2.75. The summed E-state index contributed by atoms with van der Waals surface area (Å²) in [5.74, 6) is 0. The van der Waals surface area contributed by atoms with E-state index in [4.69, 9.17) is 0 Å². The first-order chi connectivity index (χ1) is 28.0. The highest BCUT2D eigenvalue weighted by atomic mass is 28.3. The van der Waals surface area contributed by atoms with Gasteiger partial charge < -0.3 is 4.57 Å². The average Bonchev–Trinajstić information content (AvgIpc) is 3.73. The Morgan fingerprint density at radius 2 is 0.793 bits per heavy atom. The van der Waals surface area contributed by atoms with Crippen LogP contribution < -0.4 is 20.7 Å². The maximum atomic E-state index is 2.51. The highest BCUT2D eigenvalue weighted by Crippen LogP contribution is 2.39. The van der Waals surface area contributed by atoms with Gasteiger partial charge in [0.15, 0.2) is 8.07 Å². The van der Waals surface area contributed by atoms with Crippen LogP contribution in [0, 0.1) is 0 Å². The monoisotopic (exact) mass is 763 g/mol. The van der Waals surface area contributed by atoms with Crippen molar-refractivity contribution >= 4 is 50.6 Å². The molecule has 0 N–H and O–H groups in total. The Kier molecular flexibility index (Phi) is 8.37. The second-order valence-electron chi connectivity index (χ2n) is 18.2. The number of nitrogens with zero attached hydrogens (tertiary/aromatic N) is 1. The third-order valence-corrected chi connectivity index (χ3v) is 17.5. The van der Waals surface area contributed by atoms with Gasteiger partial charge >= 0.3 is 0 Å². The topological polar surface area (TPSA) is 4.93 Å². The van der Waals surface area contributed by atoms with Crippen LogP contribution in [0.15, 0.2) is 188 Å². The fourth-order valence-corrected chi connectivity index (χ4v) is 14.6. The smallest absolute Gasteiger partial charge is 0.180 e. The molecule has 8 aromatic carbocycles. The number of rotatable bonds is 5. The number of hydrogen-bond donors (Lipinski definition) is 0. The minimum absolute atomic E-state index is 0.0497. The van der Waals surface area contributed by atoms with Crippen LogP contribution >= 0.6 is 0 Å². The minimum atomic E-state index is -2.75. The summed E-state index contributed by atoms with van der Waals surface area (Å²) in [5.41, 5.74) is 14.2. The van der Waals surface area contributed by atoms with Gasteiger partial charge in [0.25, 0.3) is 0 Å². The molecule has 0 bridgehead atoms. The van der Waals surface area contributed by atoms with E-state index in [0.29, 0.717) is 0 Å². The van der Waals surface area contributed by atoms with Gasteiger partial charge in [-0.1, -0.05) is 193 Å². The zero-order chi connectivity index (χ0) is 39.8. The number of aromatic nitrogens is 1. The van der Waals surface area contributed by atoms with Gasteiger partial charge in [-0.3, -0.25) is 0 Å². The molecule has 0 saturated carbocycles. The van der Waals surface area contributed by atoms with Crippen molar-refractivity contribution in [2.24, 2.45) is 0 Å². The highest BCUT2D eigenvalue weighted by Gasteiger charge is 2.48. The molecule has 2 heteroatoms. The molecule has 10 rings (SSSR count). The van der Waals surface area contributed by atoms with E-state index in [2.05, 4.69) is 234 Å². The molecule has 1 aliphatic rings. The fourth-order valence-electron chi connectivity index (χ4n) is 9.52. The van der Waals surface area contributed by atoms with Crippen molar-refractivity contribution in [3.63, 3.8) is 0 Å². The summed E-state index contributed by atoms with van der Waals surface area (Å²) in [6.45, 7) is 13.9. The molecule has 282 valence electrons. The van der Waals surface area contributed by atoms with Crippen molar-refractivity contribution < 1.29 is 0 Å². The molecule has 1 nitrogen and oxygen atoms in total. The van der Waals surface area contributed by atoms with Crippen molar-refractivity contribution in [2.75, 3.05) is 0 Å².